The minimum atomic E-state index is -0.178. The van der Waals surface area contributed by atoms with Gasteiger partial charge in [0.2, 0.25) is 5.91 Å². The summed E-state index contributed by atoms with van der Waals surface area (Å²) in [5.74, 6) is -0.173. The van der Waals surface area contributed by atoms with Crippen molar-refractivity contribution < 1.29 is 4.79 Å². The second kappa shape index (κ2) is 4.42. The minimum absolute atomic E-state index is 0.00574. The third-order valence-electron chi connectivity index (χ3n) is 2.46. The van der Waals surface area contributed by atoms with Gasteiger partial charge in [-0.15, -0.1) is 0 Å². The Morgan fingerprint density at radius 2 is 2.08 bits per heavy atom. The molecule has 0 aliphatic heterocycles. The van der Waals surface area contributed by atoms with E-state index in [4.69, 9.17) is 5.73 Å². The van der Waals surface area contributed by atoms with Gasteiger partial charge in [-0.05, 0) is 19.9 Å². The maximum absolute atomic E-state index is 11.0. The van der Waals surface area contributed by atoms with Crippen molar-refractivity contribution in [3.05, 3.63) is 0 Å². The predicted octanol–water partition coefficient (Wildman–Crippen LogP) is -0.246. The normalized spacial score (nSPS) is 30.1. The van der Waals surface area contributed by atoms with Crippen molar-refractivity contribution in [3.63, 3.8) is 0 Å². The number of carbonyl (C=O) groups is 1. The van der Waals surface area contributed by atoms with E-state index >= 15 is 0 Å². The zero-order valence-electron chi connectivity index (χ0n) is 7.47. The van der Waals surface area contributed by atoms with Crippen molar-refractivity contribution in [2.45, 2.75) is 31.7 Å². The molecule has 0 aromatic carbocycles. The van der Waals surface area contributed by atoms with Crippen LogP contribution >= 0.6 is 0 Å². The molecule has 1 aliphatic rings. The van der Waals surface area contributed by atoms with E-state index in [1.165, 1.54) is 6.42 Å². The van der Waals surface area contributed by atoms with Gasteiger partial charge in [-0.25, -0.2) is 0 Å². The molecule has 0 heterocycles. The zero-order valence-corrected chi connectivity index (χ0v) is 7.47. The van der Waals surface area contributed by atoms with Gasteiger partial charge in [0.1, 0.15) is 0 Å². The van der Waals surface area contributed by atoms with Crippen LogP contribution in [-0.2, 0) is 4.79 Å². The Hall–Kier alpha value is -0.610. The number of amides is 1. The third-order valence-corrected chi connectivity index (χ3v) is 2.46. The van der Waals surface area contributed by atoms with Crippen LogP contribution in [0.2, 0.25) is 0 Å². The van der Waals surface area contributed by atoms with E-state index in [1.807, 2.05) is 7.05 Å². The largest absolute Gasteiger partial charge is 0.369 e. The molecule has 0 bridgehead atoms. The van der Waals surface area contributed by atoms with Gasteiger partial charge in [0.15, 0.2) is 0 Å². The summed E-state index contributed by atoms with van der Waals surface area (Å²) in [6.45, 7) is 0. The van der Waals surface area contributed by atoms with Crippen LogP contribution in [0.5, 0.6) is 0 Å². The molecule has 1 saturated carbocycles. The molecule has 70 valence electrons. The first-order chi connectivity index (χ1) is 5.75. The number of rotatable bonds is 3. The molecule has 0 radical (unpaired) electrons. The Morgan fingerprint density at radius 1 is 1.42 bits per heavy atom. The average molecular weight is 171 g/mol. The lowest BCUT2D eigenvalue weighted by Crippen LogP contribution is -2.48. The van der Waals surface area contributed by atoms with Gasteiger partial charge >= 0.3 is 0 Å². The van der Waals surface area contributed by atoms with Crippen LogP contribution in [0.25, 0.3) is 0 Å². The Bertz CT molecular complexity index is 158. The standard InChI is InChI=1S/C8H17N3O/c1-10-11-7-5-3-2-4-6(7)8(9)12/h6-7,10-11H,2-5H2,1H3,(H2,9,12). The molecule has 2 atom stereocenters. The Labute approximate surface area is 72.9 Å². The van der Waals surface area contributed by atoms with Crippen molar-refractivity contribution in [1.29, 1.82) is 0 Å². The number of nitrogens with one attached hydrogen (secondary N) is 2. The molecule has 2 unspecified atom stereocenters. The van der Waals surface area contributed by atoms with E-state index in [1.54, 1.807) is 0 Å². The van der Waals surface area contributed by atoms with Crippen LogP contribution in [0.1, 0.15) is 25.7 Å². The molecule has 0 saturated heterocycles. The van der Waals surface area contributed by atoms with E-state index in [0.717, 1.165) is 19.3 Å². The maximum Gasteiger partial charge on any atom is 0.222 e. The SMILES string of the molecule is CNNC1CCCCC1C(N)=O. The van der Waals surface area contributed by atoms with Crippen LogP contribution in [0, 0.1) is 5.92 Å². The quantitative estimate of drug-likeness (QED) is 0.513. The summed E-state index contributed by atoms with van der Waals surface area (Å²) in [5.41, 5.74) is 11.2. The zero-order chi connectivity index (χ0) is 8.97. The predicted molar refractivity (Wildman–Crippen MR) is 47.1 cm³/mol. The molecule has 1 rings (SSSR count). The van der Waals surface area contributed by atoms with Crippen molar-refractivity contribution >= 4 is 5.91 Å². The Morgan fingerprint density at radius 3 is 2.67 bits per heavy atom. The summed E-state index contributed by atoms with van der Waals surface area (Å²) in [6.07, 6.45) is 4.27. The van der Waals surface area contributed by atoms with E-state index < -0.39 is 0 Å². The van der Waals surface area contributed by atoms with Gasteiger partial charge in [0, 0.05) is 6.04 Å². The van der Waals surface area contributed by atoms with Crippen LogP contribution in [0.4, 0.5) is 0 Å². The molecule has 4 N–H and O–H groups in total. The number of hydrogen-bond acceptors (Lipinski definition) is 3. The monoisotopic (exact) mass is 171 g/mol. The number of hydrogen-bond donors (Lipinski definition) is 3. The summed E-state index contributed by atoms with van der Waals surface area (Å²) in [6, 6.07) is 0.223. The molecule has 4 heteroatoms. The lowest BCUT2D eigenvalue weighted by Gasteiger charge is -2.29. The second-order valence-corrected chi connectivity index (χ2v) is 3.29. The first kappa shape index (κ1) is 9.48. The smallest absolute Gasteiger partial charge is 0.222 e. The Kier molecular flexibility index (Phi) is 3.49. The molecule has 12 heavy (non-hydrogen) atoms. The molecular formula is C8H17N3O. The highest BCUT2D eigenvalue weighted by molar-refractivity contribution is 5.77. The molecule has 4 nitrogen and oxygen atoms in total. The number of nitrogens with two attached hydrogens (primary N) is 1. The fourth-order valence-corrected chi connectivity index (χ4v) is 1.83. The van der Waals surface area contributed by atoms with Crippen molar-refractivity contribution in [3.8, 4) is 0 Å². The highest BCUT2D eigenvalue weighted by atomic mass is 16.1. The highest BCUT2D eigenvalue weighted by Gasteiger charge is 2.28. The topological polar surface area (TPSA) is 67.2 Å². The summed E-state index contributed by atoms with van der Waals surface area (Å²) in [7, 11) is 1.81. The second-order valence-electron chi connectivity index (χ2n) is 3.29. The summed E-state index contributed by atoms with van der Waals surface area (Å²) in [4.78, 5) is 11.0. The fraction of sp³-hybridized carbons (Fsp3) is 0.875. The summed E-state index contributed by atoms with van der Waals surface area (Å²) < 4.78 is 0. The average Bonchev–Trinajstić information content (AvgIpc) is 2.05. The summed E-state index contributed by atoms with van der Waals surface area (Å²) >= 11 is 0. The molecule has 0 spiro atoms. The van der Waals surface area contributed by atoms with Crippen LogP contribution in [0.3, 0.4) is 0 Å². The number of carbonyl (C=O) groups excluding carboxylic acids is 1. The summed E-state index contributed by atoms with van der Waals surface area (Å²) in [5, 5.41) is 0. The Balaban J connectivity index is 2.48. The van der Waals surface area contributed by atoms with Gasteiger partial charge < -0.3 is 5.73 Å². The highest BCUT2D eigenvalue weighted by Crippen LogP contribution is 2.23. The van der Waals surface area contributed by atoms with Crippen LogP contribution < -0.4 is 16.6 Å². The number of primary amides is 1. The van der Waals surface area contributed by atoms with Gasteiger partial charge in [-0.1, -0.05) is 12.8 Å². The molecule has 1 fully saturated rings. The van der Waals surface area contributed by atoms with E-state index in [0.29, 0.717) is 0 Å². The van der Waals surface area contributed by atoms with E-state index in [-0.39, 0.29) is 17.9 Å². The van der Waals surface area contributed by atoms with Crippen molar-refractivity contribution in [1.82, 2.24) is 10.9 Å². The minimum Gasteiger partial charge on any atom is -0.369 e. The number of hydrazine groups is 1. The first-order valence-electron chi connectivity index (χ1n) is 4.47. The van der Waals surface area contributed by atoms with Crippen molar-refractivity contribution in [2.75, 3.05) is 7.05 Å². The van der Waals surface area contributed by atoms with Crippen molar-refractivity contribution in [2.24, 2.45) is 11.7 Å². The van der Waals surface area contributed by atoms with Crippen LogP contribution in [-0.4, -0.2) is 19.0 Å². The molecule has 0 aromatic heterocycles. The maximum atomic E-state index is 11.0. The van der Waals surface area contributed by atoms with Gasteiger partial charge in [-0.3, -0.25) is 15.6 Å². The molecule has 1 aliphatic carbocycles. The molecular weight excluding hydrogens is 154 g/mol. The van der Waals surface area contributed by atoms with Gasteiger partial charge in [0.05, 0.1) is 5.92 Å². The van der Waals surface area contributed by atoms with Gasteiger partial charge in [0.25, 0.3) is 0 Å². The van der Waals surface area contributed by atoms with Crippen LogP contribution in [0.15, 0.2) is 0 Å². The first-order valence-corrected chi connectivity index (χ1v) is 4.47. The van der Waals surface area contributed by atoms with Gasteiger partial charge in [-0.2, -0.15) is 0 Å². The third kappa shape index (κ3) is 2.19. The molecule has 0 aromatic rings. The van der Waals surface area contributed by atoms with E-state index in [2.05, 4.69) is 10.9 Å². The van der Waals surface area contributed by atoms with E-state index in [9.17, 15) is 4.79 Å². The molecule has 1 amide bonds. The lowest BCUT2D eigenvalue weighted by molar-refractivity contribution is -0.123. The fourth-order valence-electron chi connectivity index (χ4n) is 1.83. The lowest BCUT2D eigenvalue weighted by atomic mass is 9.84.